The van der Waals surface area contributed by atoms with Gasteiger partial charge in [0.2, 0.25) is 0 Å². The summed E-state index contributed by atoms with van der Waals surface area (Å²) < 4.78 is 18.3. The smallest absolute Gasteiger partial charge is 0.123 e. The van der Waals surface area contributed by atoms with Gasteiger partial charge in [-0.05, 0) is 37.6 Å². The quantitative estimate of drug-likeness (QED) is 0.729. The minimum absolute atomic E-state index is 0.197. The van der Waals surface area contributed by atoms with Crippen LogP contribution >= 0.6 is 0 Å². The van der Waals surface area contributed by atoms with Crippen molar-refractivity contribution in [3.05, 3.63) is 29.6 Å². The molecule has 0 amide bonds. The number of halogens is 1. The van der Waals surface area contributed by atoms with Crippen LogP contribution < -0.4 is 16.2 Å². The fourth-order valence-corrected chi connectivity index (χ4v) is 1.66. The molecule has 0 aliphatic rings. The van der Waals surface area contributed by atoms with E-state index in [1.807, 2.05) is 0 Å². The van der Waals surface area contributed by atoms with Gasteiger partial charge < -0.3 is 16.2 Å². The van der Waals surface area contributed by atoms with Crippen LogP contribution in [0.4, 0.5) is 4.39 Å². The lowest BCUT2D eigenvalue weighted by atomic mass is 10.0. The largest absolute Gasteiger partial charge is 0.496 e. The molecule has 0 saturated heterocycles. The summed E-state index contributed by atoms with van der Waals surface area (Å²) in [5.74, 6) is 0.353. The first kappa shape index (κ1) is 12.9. The molecule has 90 valence electrons. The molecule has 0 bridgehead atoms. The summed E-state index contributed by atoms with van der Waals surface area (Å²) in [5, 5.41) is 0. The average Bonchev–Trinajstić information content (AvgIpc) is 2.29. The Morgan fingerprint density at radius 1 is 1.38 bits per heavy atom. The zero-order chi connectivity index (χ0) is 12.0. The van der Waals surface area contributed by atoms with Crippen LogP contribution in [-0.2, 0) is 0 Å². The molecule has 0 radical (unpaired) electrons. The number of ether oxygens (including phenoxy) is 1. The first-order valence-corrected chi connectivity index (χ1v) is 5.48. The second-order valence-corrected chi connectivity index (χ2v) is 3.78. The van der Waals surface area contributed by atoms with Crippen LogP contribution in [0.2, 0.25) is 0 Å². The number of benzene rings is 1. The monoisotopic (exact) mass is 226 g/mol. The Bertz CT molecular complexity index is 331. The molecule has 0 heterocycles. The van der Waals surface area contributed by atoms with Crippen LogP contribution in [0.25, 0.3) is 0 Å². The van der Waals surface area contributed by atoms with Crippen molar-refractivity contribution in [1.29, 1.82) is 0 Å². The van der Waals surface area contributed by atoms with Crippen molar-refractivity contribution >= 4 is 0 Å². The SMILES string of the molecule is COc1ccc(F)cc1[C@H](N)CCCCN. The molecule has 0 unspecified atom stereocenters. The van der Waals surface area contributed by atoms with Gasteiger partial charge >= 0.3 is 0 Å². The number of methoxy groups -OCH3 is 1. The van der Waals surface area contributed by atoms with E-state index in [9.17, 15) is 4.39 Å². The Morgan fingerprint density at radius 2 is 2.12 bits per heavy atom. The van der Waals surface area contributed by atoms with Crippen LogP contribution in [-0.4, -0.2) is 13.7 Å². The number of hydrogen-bond acceptors (Lipinski definition) is 3. The van der Waals surface area contributed by atoms with Gasteiger partial charge in [0.05, 0.1) is 7.11 Å². The van der Waals surface area contributed by atoms with Crippen LogP contribution in [0, 0.1) is 5.82 Å². The maximum absolute atomic E-state index is 13.1. The van der Waals surface area contributed by atoms with Gasteiger partial charge in [-0.2, -0.15) is 0 Å². The Morgan fingerprint density at radius 3 is 2.75 bits per heavy atom. The normalized spacial score (nSPS) is 12.5. The Kier molecular flexibility index (Phi) is 5.22. The number of unbranched alkanes of at least 4 members (excludes halogenated alkanes) is 1. The molecule has 0 spiro atoms. The summed E-state index contributed by atoms with van der Waals surface area (Å²) in [4.78, 5) is 0. The summed E-state index contributed by atoms with van der Waals surface area (Å²) in [7, 11) is 1.56. The highest BCUT2D eigenvalue weighted by Gasteiger charge is 2.12. The van der Waals surface area contributed by atoms with E-state index >= 15 is 0 Å². The van der Waals surface area contributed by atoms with Gasteiger partial charge in [0, 0.05) is 11.6 Å². The van der Waals surface area contributed by atoms with Gasteiger partial charge in [-0.1, -0.05) is 6.42 Å². The molecule has 1 aromatic rings. The molecule has 3 nitrogen and oxygen atoms in total. The molecule has 16 heavy (non-hydrogen) atoms. The van der Waals surface area contributed by atoms with E-state index in [-0.39, 0.29) is 11.9 Å². The molecule has 1 atom stereocenters. The molecular weight excluding hydrogens is 207 g/mol. The maximum Gasteiger partial charge on any atom is 0.123 e. The van der Waals surface area contributed by atoms with Gasteiger partial charge in [0.25, 0.3) is 0 Å². The average molecular weight is 226 g/mol. The minimum Gasteiger partial charge on any atom is -0.496 e. The zero-order valence-electron chi connectivity index (χ0n) is 9.58. The highest BCUT2D eigenvalue weighted by molar-refractivity contribution is 5.36. The third-order valence-corrected chi connectivity index (χ3v) is 2.56. The van der Waals surface area contributed by atoms with E-state index in [4.69, 9.17) is 16.2 Å². The van der Waals surface area contributed by atoms with E-state index in [0.717, 1.165) is 24.8 Å². The van der Waals surface area contributed by atoms with Crippen molar-refractivity contribution in [3.63, 3.8) is 0 Å². The Labute approximate surface area is 95.6 Å². The van der Waals surface area contributed by atoms with Gasteiger partial charge in [-0.3, -0.25) is 0 Å². The molecule has 4 N–H and O–H groups in total. The Balaban J connectivity index is 2.72. The lowest BCUT2D eigenvalue weighted by Crippen LogP contribution is -2.12. The molecule has 0 aliphatic heterocycles. The third kappa shape index (κ3) is 3.47. The summed E-state index contributed by atoms with van der Waals surface area (Å²) in [6, 6.07) is 4.21. The van der Waals surface area contributed by atoms with Gasteiger partial charge in [-0.15, -0.1) is 0 Å². The van der Waals surface area contributed by atoms with Gasteiger partial charge in [0.1, 0.15) is 11.6 Å². The van der Waals surface area contributed by atoms with Crippen LogP contribution in [0.3, 0.4) is 0 Å². The van der Waals surface area contributed by atoms with Crippen LogP contribution in [0.1, 0.15) is 30.9 Å². The predicted molar refractivity (Wildman–Crippen MR) is 62.8 cm³/mol. The fraction of sp³-hybridized carbons (Fsp3) is 0.500. The maximum atomic E-state index is 13.1. The van der Waals surface area contributed by atoms with Crippen molar-refractivity contribution in [3.8, 4) is 5.75 Å². The predicted octanol–water partition coefficient (Wildman–Crippen LogP) is 1.96. The molecule has 1 aromatic carbocycles. The first-order chi connectivity index (χ1) is 7.69. The molecule has 0 aromatic heterocycles. The second kappa shape index (κ2) is 6.45. The Hall–Kier alpha value is -1.13. The van der Waals surface area contributed by atoms with Crippen LogP contribution in [0.5, 0.6) is 5.75 Å². The van der Waals surface area contributed by atoms with E-state index < -0.39 is 0 Å². The number of hydrogen-bond donors (Lipinski definition) is 2. The standard InChI is InChI=1S/C12H19FN2O/c1-16-12-6-5-9(13)8-10(12)11(15)4-2-3-7-14/h5-6,8,11H,2-4,7,14-15H2,1H3/t11-/m1/s1. The number of rotatable bonds is 6. The van der Waals surface area contributed by atoms with Gasteiger partial charge in [-0.25, -0.2) is 4.39 Å². The molecule has 1 rings (SSSR count). The van der Waals surface area contributed by atoms with Crippen molar-refractivity contribution in [2.24, 2.45) is 11.5 Å². The van der Waals surface area contributed by atoms with E-state index in [1.165, 1.54) is 12.1 Å². The molecular formula is C12H19FN2O. The first-order valence-electron chi connectivity index (χ1n) is 5.48. The molecule has 0 aliphatic carbocycles. The van der Waals surface area contributed by atoms with Crippen LogP contribution in [0.15, 0.2) is 18.2 Å². The van der Waals surface area contributed by atoms with Crippen molar-refractivity contribution < 1.29 is 9.13 Å². The fourth-order valence-electron chi connectivity index (χ4n) is 1.66. The highest BCUT2D eigenvalue weighted by atomic mass is 19.1. The molecule has 0 saturated carbocycles. The van der Waals surface area contributed by atoms with Crippen molar-refractivity contribution in [1.82, 2.24) is 0 Å². The van der Waals surface area contributed by atoms with Gasteiger partial charge in [0.15, 0.2) is 0 Å². The van der Waals surface area contributed by atoms with E-state index in [0.29, 0.717) is 12.3 Å². The summed E-state index contributed by atoms with van der Waals surface area (Å²) in [6.07, 6.45) is 2.67. The number of nitrogens with two attached hydrogens (primary N) is 2. The van der Waals surface area contributed by atoms with E-state index in [2.05, 4.69) is 0 Å². The topological polar surface area (TPSA) is 61.3 Å². The highest BCUT2D eigenvalue weighted by Crippen LogP contribution is 2.27. The summed E-state index contributed by atoms with van der Waals surface area (Å²) >= 11 is 0. The molecule has 4 heteroatoms. The third-order valence-electron chi connectivity index (χ3n) is 2.56. The lowest BCUT2D eigenvalue weighted by Gasteiger charge is -2.15. The second-order valence-electron chi connectivity index (χ2n) is 3.78. The minimum atomic E-state index is -0.287. The summed E-state index contributed by atoms with van der Waals surface area (Å²) in [5.41, 5.74) is 12.1. The van der Waals surface area contributed by atoms with Crippen molar-refractivity contribution in [2.75, 3.05) is 13.7 Å². The lowest BCUT2D eigenvalue weighted by molar-refractivity contribution is 0.401. The van der Waals surface area contributed by atoms with Crippen molar-refractivity contribution in [2.45, 2.75) is 25.3 Å². The zero-order valence-corrected chi connectivity index (χ0v) is 9.58. The molecule has 0 fully saturated rings. The summed E-state index contributed by atoms with van der Waals surface area (Å²) in [6.45, 7) is 0.660. The van der Waals surface area contributed by atoms with E-state index in [1.54, 1.807) is 13.2 Å².